The fraction of sp³-hybridized carbons (Fsp3) is 0.822. The number of allylic oxidation sites excluding steroid dienone is 10. The Kier molecular flexibility index (Phi) is 61.6. The monoisotopic (exact) mass is 1150 g/mol. The third kappa shape index (κ3) is 64.5. The molecule has 0 bridgehead atoms. The van der Waals surface area contributed by atoms with Gasteiger partial charge in [0.05, 0.1) is 40.3 Å². The van der Waals surface area contributed by atoms with Crippen LogP contribution in [0.4, 0.5) is 0 Å². The van der Waals surface area contributed by atoms with E-state index in [1.54, 1.807) is 0 Å². The summed E-state index contributed by atoms with van der Waals surface area (Å²) in [6, 6.07) is 0. The van der Waals surface area contributed by atoms with Crippen molar-refractivity contribution in [1.82, 2.24) is 0 Å². The summed E-state index contributed by atoms with van der Waals surface area (Å²) >= 11 is 0. The summed E-state index contributed by atoms with van der Waals surface area (Å²) in [4.78, 5) is 37.4. The molecule has 0 aliphatic heterocycles. The molecular formula is C73H133NO8. The number of rotatable bonds is 65. The second-order valence-corrected chi connectivity index (χ2v) is 24.8. The molecule has 0 saturated carbocycles. The molecule has 9 heteroatoms. The van der Waals surface area contributed by atoms with Crippen LogP contribution >= 0.6 is 0 Å². The summed E-state index contributed by atoms with van der Waals surface area (Å²) in [5, 5.41) is 11.8. The first kappa shape index (κ1) is 79.0. The zero-order chi connectivity index (χ0) is 59.8. The number of hydrogen-bond acceptors (Lipinski definition) is 8. The van der Waals surface area contributed by atoms with Crippen molar-refractivity contribution in [2.75, 3.05) is 47.5 Å². The molecule has 2 atom stereocenters. The van der Waals surface area contributed by atoms with Crippen molar-refractivity contribution in [2.45, 2.75) is 341 Å². The molecule has 0 rings (SSSR count). The Hall–Kier alpha value is -3.01. The number of carbonyl (C=O) groups is 3. The van der Waals surface area contributed by atoms with Gasteiger partial charge in [0.25, 0.3) is 0 Å². The van der Waals surface area contributed by atoms with E-state index in [9.17, 15) is 19.5 Å². The van der Waals surface area contributed by atoms with Gasteiger partial charge in [-0.15, -0.1) is 0 Å². The number of quaternary nitrogens is 1. The first-order valence-corrected chi connectivity index (χ1v) is 34.9. The van der Waals surface area contributed by atoms with Gasteiger partial charge in [-0.1, -0.05) is 319 Å². The van der Waals surface area contributed by atoms with E-state index < -0.39 is 24.3 Å². The highest BCUT2D eigenvalue weighted by molar-refractivity contribution is 5.70. The molecule has 0 fully saturated rings. The number of ether oxygens (including phenoxy) is 4. The fourth-order valence-corrected chi connectivity index (χ4v) is 10.2. The molecular weight excluding hydrogens is 1020 g/mol. The number of esters is 2. The van der Waals surface area contributed by atoms with Crippen LogP contribution in [0.1, 0.15) is 328 Å². The minimum Gasteiger partial charge on any atom is -0.545 e. The Morgan fingerprint density at radius 3 is 1.04 bits per heavy atom. The number of carboxylic acids is 1. The second kappa shape index (κ2) is 64.0. The molecule has 0 spiro atoms. The standard InChI is InChI=1S/C73H133NO8/c1-6-8-10-12-14-16-18-20-22-24-25-26-27-28-29-30-31-32-33-34-35-36-37-38-39-40-41-42-43-44-45-46-47-48-50-52-54-56-58-60-62-64-71(76)82-69(68-81-73(72(77)78)79-66-65-74(3,4)5)67-80-70(75)63-61-59-57-55-53-51-49-23-21-19-17-15-13-11-9-7-2/h8,10,14,16,20,22,25-26,28-29,69,73H,6-7,9,11-13,15,17-19,21,23-24,27,30-68H2,1-5H3/b10-8-,16-14-,22-20-,26-25-,29-28-. The van der Waals surface area contributed by atoms with Crippen LogP contribution < -0.4 is 5.11 Å². The normalized spacial score (nSPS) is 13.0. The van der Waals surface area contributed by atoms with E-state index in [0.717, 1.165) is 70.6 Å². The lowest BCUT2D eigenvalue weighted by Gasteiger charge is -2.26. The van der Waals surface area contributed by atoms with Crippen LogP contribution in [0, 0.1) is 0 Å². The molecule has 0 radical (unpaired) electrons. The molecule has 0 N–H and O–H groups in total. The second-order valence-electron chi connectivity index (χ2n) is 24.8. The van der Waals surface area contributed by atoms with Crippen molar-refractivity contribution >= 4 is 17.9 Å². The Labute approximate surface area is 507 Å². The summed E-state index contributed by atoms with van der Waals surface area (Å²) in [5.74, 6) is -2.26. The van der Waals surface area contributed by atoms with E-state index in [-0.39, 0.29) is 32.2 Å². The highest BCUT2D eigenvalue weighted by atomic mass is 16.7. The number of carbonyl (C=O) groups excluding carboxylic acids is 3. The third-order valence-corrected chi connectivity index (χ3v) is 15.5. The predicted molar refractivity (Wildman–Crippen MR) is 348 cm³/mol. The van der Waals surface area contributed by atoms with Crippen LogP contribution in [0.25, 0.3) is 0 Å². The lowest BCUT2D eigenvalue weighted by atomic mass is 10.0. The highest BCUT2D eigenvalue weighted by Gasteiger charge is 2.22. The van der Waals surface area contributed by atoms with Gasteiger partial charge in [0.2, 0.25) is 0 Å². The molecule has 0 aliphatic carbocycles. The van der Waals surface area contributed by atoms with E-state index in [1.165, 1.54) is 231 Å². The molecule has 82 heavy (non-hydrogen) atoms. The van der Waals surface area contributed by atoms with Crippen molar-refractivity contribution in [2.24, 2.45) is 0 Å². The van der Waals surface area contributed by atoms with Gasteiger partial charge in [0.15, 0.2) is 12.4 Å². The summed E-state index contributed by atoms with van der Waals surface area (Å²) < 4.78 is 22.8. The van der Waals surface area contributed by atoms with Crippen LogP contribution in [0.5, 0.6) is 0 Å². The van der Waals surface area contributed by atoms with E-state index in [2.05, 4.69) is 74.6 Å². The van der Waals surface area contributed by atoms with Gasteiger partial charge in [0, 0.05) is 12.8 Å². The summed E-state index contributed by atoms with van der Waals surface area (Å²) in [6.07, 6.45) is 80.3. The van der Waals surface area contributed by atoms with Gasteiger partial charge < -0.3 is 33.3 Å². The molecule has 0 aliphatic rings. The maximum Gasteiger partial charge on any atom is 0.306 e. The van der Waals surface area contributed by atoms with Gasteiger partial charge >= 0.3 is 11.9 Å². The van der Waals surface area contributed by atoms with Crippen molar-refractivity contribution in [1.29, 1.82) is 0 Å². The molecule has 0 aromatic heterocycles. The van der Waals surface area contributed by atoms with Crippen molar-refractivity contribution in [3.05, 3.63) is 60.8 Å². The lowest BCUT2D eigenvalue weighted by Crippen LogP contribution is -2.44. The summed E-state index contributed by atoms with van der Waals surface area (Å²) in [6.45, 7) is 4.68. The average Bonchev–Trinajstić information content (AvgIpc) is 3.45. The average molecular weight is 1150 g/mol. The largest absolute Gasteiger partial charge is 0.545 e. The minimum atomic E-state index is -1.62. The predicted octanol–water partition coefficient (Wildman–Crippen LogP) is 20.2. The molecule has 2 unspecified atom stereocenters. The Bertz CT molecular complexity index is 1530. The fourth-order valence-electron chi connectivity index (χ4n) is 10.2. The number of nitrogens with zero attached hydrogens (tertiary/aromatic N) is 1. The number of unbranched alkanes of at least 4 members (excludes halogenated alkanes) is 40. The topological polar surface area (TPSA) is 111 Å². The van der Waals surface area contributed by atoms with Crippen LogP contribution in [-0.2, 0) is 33.3 Å². The van der Waals surface area contributed by atoms with Crippen LogP contribution in [0.2, 0.25) is 0 Å². The van der Waals surface area contributed by atoms with Gasteiger partial charge in [0.1, 0.15) is 13.2 Å². The molecule has 0 amide bonds. The zero-order valence-corrected chi connectivity index (χ0v) is 54.6. The van der Waals surface area contributed by atoms with Crippen molar-refractivity contribution in [3.63, 3.8) is 0 Å². The Morgan fingerprint density at radius 1 is 0.378 bits per heavy atom. The first-order valence-electron chi connectivity index (χ1n) is 34.9. The zero-order valence-electron chi connectivity index (χ0n) is 54.6. The van der Waals surface area contributed by atoms with Crippen LogP contribution in [-0.4, -0.2) is 82.3 Å². The highest BCUT2D eigenvalue weighted by Crippen LogP contribution is 2.18. The smallest absolute Gasteiger partial charge is 0.306 e. The van der Waals surface area contributed by atoms with Gasteiger partial charge in [-0.2, -0.15) is 0 Å². The van der Waals surface area contributed by atoms with E-state index >= 15 is 0 Å². The van der Waals surface area contributed by atoms with Crippen LogP contribution in [0.3, 0.4) is 0 Å². The van der Waals surface area contributed by atoms with E-state index in [1.807, 2.05) is 21.1 Å². The SMILES string of the molecule is CC/C=C\C/C=C\C/C=C\C/C=C\C/C=C\CCCCCCCCCCCCCCCCCCCCCCCCCCCC(=O)OC(COC(=O)CCCCCCCCCCCCCCCCCC)COC(OCC[N+](C)(C)C)C(=O)[O-]. The summed E-state index contributed by atoms with van der Waals surface area (Å²) in [5.41, 5.74) is 0. The molecule has 0 aromatic rings. The molecule has 0 saturated heterocycles. The van der Waals surface area contributed by atoms with Crippen molar-refractivity contribution < 1.29 is 42.9 Å². The number of aliphatic carboxylic acids is 1. The lowest BCUT2D eigenvalue weighted by molar-refractivity contribution is -0.870. The number of likely N-dealkylation sites (N-methyl/N-ethyl adjacent to an activating group) is 1. The number of hydrogen-bond donors (Lipinski definition) is 0. The van der Waals surface area contributed by atoms with Crippen LogP contribution in [0.15, 0.2) is 60.8 Å². The van der Waals surface area contributed by atoms with Gasteiger partial charge in [-0.05, 0) is 57.8 Å². The molecule has 0 aromatic carbocycles. The maximum absolute atomic E-state index is 12.9. The Morgan fingerprint density at radius 2 is 0.695 bits per heavy atom. The van der Waals surface area contributed by atoms with Gasteiger partial charge in [-0.3, -0.25) is 9.59 Å². The minimum absolute atomic E-state index is 0.151. The quantitative estimate of drug-likeness (QED) is 0.0195. The van der Waals surface area contributed by atoms with Crippen molar-refractivity contribution in [3.8, 4) is 0 Å². The van der Waals surface area contributed by atoms with E-state index in [0.29, 0.717) is 17.4 Å². The molecule has 0 heterocycles. The Balaban J connectivity index is 3.93. The van der Waals surface area contributed by atoms with E-state index in [4.69, 9.17) is 18.9 Å². The maximum atomic E-state index is 12.9. The third-order valence-electron chi connectivity index (χ3n) is 15.5. The first-order chi connectivity index (χ1) is 40.1. The van der Waals surface area contributed by atoms with Gasteiger partial charge in [-0.25, -0.2) is 0 Å². The number of carboxylic acid groups (broad SMARTS) is 1. The summed E-state index contributed by atoms with van der Waals surface area (Å²) in [7, 11) is 5.94. The molecule has 9 nitrogen and oxygen atoms in total. The molecule has 478 valence electrons.